The minimum Gasteiger partial charge on any atom is -0.384 e. The molecule has 0 aliphatic rings. The summed E-state index contributed by atoms with van der Waals surface area (Å²) >= 11 is 0. The van der Waals surface area contributed by atoms with E-state index in [1.54, 1.807) is 24.5 Å². The van der Waals surface area contributed by atoms with E-state index in [1.165, 1.54) is 24.5 Å². The first-order valence-electron chi connectivity index (χ1n) is 6.31. The summed E-state index contributed by atoms with van der Waals surface area (Å²) in [5.41, 5.74) is 6.10. The van der Waals surface area contributed by atoms with Crippen molar-refractivity contribution >= 4 is 17.4 Å². The average molecular weight is 300 g/mol. The van der Waals surface area contributed by atoms with Gasteiger partial charge in [0.25, 0.3) is 5.91 Å². The lowest BCUT2D eigenvalue weighted by Crippen LogP contribution is -2.13. The van der Waals surface area contributed by atoms with Gasteiger partial charge in [0.1, 0.15) is 11.7 Å². The van der Waals surface area contributed by atoms with Crippen LogP contribution >= 0.6 is 0 Å². The molecule has 0 aliphatic heterocycles. The second-order valence-electron chi connectivity index (χ2n) is 4.12. The highest BCUT2D eigenvalue weighted by atomic mass is 19.1. The summed E-state index contributed by atoms with van der Waals surface area (Å²) < 4.78 is 12.9. The van der Waals surface area contributed by atoms with Gasteiger partial charge < -0.3 is 11.1 Å². The van der Waals surface area contributed by atoms with Gasteiger partial charge in [0, 0.05) is 36.5 Å². The number of halogens is 1. The molecule has 0 aliphatic carbocycles. The monoisotopic (exact) mass is 300 g/mol. The number of amidine groups is 1. The number of anilines is 1. The maximum atomic E-state index is 12.9. The van der Waals surface area contributed by atoms with E-state index in [1.807, 2.05) is 0 Å². The first-order valence-corrected chi connectivity index (χ1v) is 6.31. The zero-order chi connectivity index (χ0) is 15.8. The predicted molar refractivity (Wildman–Crippen MR) is 79.3 cm³/mol. The summed E-state index contributed by atoms with van der Waals surface area (Å²) in [6.07, 6.45) is 7.22. The molecule has 7 nitrogen and oxygen atoms in total. The number of carbonyl (C=O) groups excluding carboxylic acids is 1. The van der Waals surface area contributed by atoms with Gasteiger partial charge in [-0.3, -0.25) is 4.79 Å². The lowest BCUT2D eigenvalue weighted by molar-refractivity contribution is -0.117. The van der Waals surface area contributed by atoms with Crippen LogP contribution in [0, 0.1) is 5.95 Å². The first-order chi connectivity index (χ1) is 10.6. The molecule has 0 saturated carbocycles. The van der Waals surface area contributed by atoms with Crippen molar-refractivity contribution in [3.05, 3.63) is 60.8 Å². The Kier molecular flexibility index (Phi) is 5.25. The van der Waals surface area contributed by atoms with E-state index >= 15 is 0 Å². The van der Waals surface area contributed by atoms with Gasteiger partial charge in [-0.1, -0.05) is 0 Å². The molecule has 3 N–H and O–H groups in total. The summed E-state index contributed by atoms with van der Waals surface area (Å²) in [4.78, 5) is 26.6. The van der Waals surface area contributed by atoms with Gasteiger partial charge in [0.2, 0.25) is 5.95 Å². The van der Waals surface area contributed by atoms with E-state index in [0.717, 1.165) is 0 Å². The maximum absolute atomic E-state index is 12.9. The highest BCUT2D eigenvalue weighted by Gasteiger charge is 2.03. The van der Waals surface area contributed by atoms with Crippen molar-refractivity contribution in [1.82, 2.24) is 15.0 Å². The first kappa shape index (κ1) is 15.2. The molecule has 22 heavy (non-hydrogen) atoms. The number of carbonyl (C=O) groups is 1. The molecule has 112 valence electrons. The third-order valence-corrected chi connectivity index (χ3v) is 2.41. The Bertz CT molecular complexity index is 701. The van der Waals surface area contributed by atoms with Crippen LogP contribution in [-0.2, 0) is 11.2 Å². The Morgan fingerprint density at radius 1 is 1.32 bits per heavy atom. The number of aromatic nitrogens is 3. The van der Waals surface area contributed by atoms with Crippen LogP contribution in [0.25, 0.3) is 0 Å². The van der Waals surface area contributed by atoms with E-state index in [-0.39, 0.29) is 12.3 Å². The van der Waals surface area contributed by atoms with E-state index < -0.39 is 11.9 Å². The minimum atomic E-state index is -0.599. The van der Waals surface area contributed by atoms with Crippen molar-refractivity contribution in [2.75, 3.05) is 5.32 Å². The smallest absolute Gasteiger partial charge is 0.255 e. The van der Waals surface area contributed by atoms with E-state index in [2.05, 4.69) is 25.3 Å². The largest absolute Gasteiger partial charge is 0.384 e. The Hall–Kier alpha value is -3.16. The number of aliphatic imine (C=N–C) groups is 1. The van der Waals surface area contributed by atoms with Crippen molar-refractivity contribution in [3.63, 3.8) is 0 Å². The lowest BCUT2D eigenvalue weighted by atomic mass is 10.3. The molecule has 0 aromatic carbocycles. The summed E-state index contributed by atoms with van der Waals surface area (Å²) in [5, 5.41) is 2.78. The fraction of sp³-hybridized carbons (Fsp3) is 0.0714. The van der Waals surface area contributed by atoms with Gasteiger partial charge in [-0.05, 0) is 18.2 Å². The van der Waals surface area contributed by atoms with E-state index in [9.17, 15) is 9.18 Å². The fourth-order valence-electron chi connectivity index (χ4n) is 1.49. The van der Waals surface area contributed by atoms with Crippen LogP contribution in [0.2, 0.25) is 0 Å². The number of hydrogen-bond donors (Lipinski definition) is 2. The molecule has 2 aromatic rings. The van der Waals surface area contributed by atoms with Crippen LogP contribution in [0.1, 0.15) is 5.82 Å². The Morgan fingerprint density at radius 2 is 2.09 bits per heavy atom. The topological polar surface area (TPSA) is 106 Å². The van der Waals surface area contributed by atoms with Gasteiger partial charge in [0.05, 0.1) is 6.42 Å². The molecule has 0 saturated heterocycles. The average Bonchev–Trinajstić information content (AvgIpc) is 2.48. The second-order valence-corrected chi connectivity index (χ2v) is 4.12. The number of nitrogens with zero attached hydrogens (tertiary/aromatic N) is 4. The molecule has 8 heteroatoms. The van der Waals surface area contributed by atoms with Crippen molar-refractivity contribution in [1.29, 1.82) is 0 Å². The molecule has 1 amide bonds. The van der Waals surface area contributed by atoms with Crippen molar-refractivity contribution in [2.24, 2.45) is 10.7 Å². The second kappa shape index (κ2) is 7.58. The van der Waals surface area contributed by atoms with Crippen LogP contribution in [0.5, 0.6) is 0 Å². The molecule has 2 heterocycles. The quantitative estimate of drug-likeness (QED) is 0.486. The number of nitrogens with two attached hydrogens (primary N) is 1. The van der Waals surface area contributed by atoms with Gasteiger partial charge in [-0.25, -0.2) is 15.0 Å². The van der Waals surface area contributed by atoms with Crippen molar-refractivity contribution in [3.8, 4) is 0 Å². The SMILES string of the molecule is NC(/C=C\Nc1ccnc(F)c1)=NC(=O)Cc1ncccn1. The van der Waals surface area contributed by atoms with Crippen LogP contribution < -0.4 is 11.1 Å². The van der Waals surface area contributed by atoms with Crippen molar-refractivity contribution < 1.29 is 9.18 Å². The molecular weight excluding hydrogens is 287 g/mol. The molecule has 2 aromatic heterocycles. The number of amides is 1. The summed E-state index contributed by atoms with van der Waals surface area (Å²) in [6, 6.07) is 4.45. The van der Waals surface area contributed by atoms with Gasteiger partial charge in [-0.2, -0.15) is 9.38 Å². The fourth-order valence-corrected chi connectivity index (χ4v) is 1.49. The standard InChI is InChI=1S/C14H13FN6O/c15-11-8-10(2-6-18-11)17-7-3-12(16)21-14(22)9-13-19-4-1-5-20-13/h1-8H,9H2,(H,17,18)(H2,16,21,22)/b7-3-. The number of nitrogens with one attached hydrogen (secondary N) is 1. The van der Waals surface area contributed by atoms with E-state index in [0.29, 0.717) is 11.5 Å². The Balaban J connectivity index is 1.89. The molecular formula is C14H13FN6O. The molecule has 0 unspecified atom stereocenters. The Morgan fingerprint density at radius 3 is 2.82 bits per heavy atom. The van der Waals surface area contributed by atoms with Gasteiger partial charge in [-0.15, -0.1) is 0 Å². The molecule has 0 spiro atoms. The van der Waals surface area contributed by atoms with E-state index in [4.69, 9.17) is 5.73 Å². The van der Waals surface area contributed by atoms with Gasteiger partial charge in [0.15, 0.2) is 0 Å². The lowest BCUT2D eigenvalue weighted by Gasteiger charge is -1.99. The van der Waals surface area contributed by atoms with Gasteiger partial charge >= 0.3 is 0 Å². The zero-order valence-corrected chi connectivity index (χ0v) is 11.5. The van der Waals surface area contributed by atoms with Crippen LogP contribution in [0.15, 0.2) is 54.1 Å². The van der Waals surface area contributed by atoms with Crippen molar-refractivity contribution in [2.45, 2.75) is 6.42 Å². The summed E-state index contributed by atoms with van der Waals surface area (Å²) in [7, 11) is 0. The highest BCUT2D eigenvalue weighted by Crippen LogP contribution is 2.06. The minimum absolute atomic E-state index is 0.0166. The van der Waals surface area contributed by atoms with Crippen LogP contribution in [0.4, 0.5) is 10.1 Å². The molecule has 0 radical (unpaired) electrons. The number of pyridine rings is 1. The van der Waals surface area contributed by atoms with Crippen LogP contribution in [0.3, 0.4) is 0 Å². The predicted octanol–water partition coefficient (Wildman–Crippen LogP) is 1.06. The third kappa shape index (κ3) is 5.08. The third-order valence-electron chi connectivity index (χ3n) is 2.41. The number of rotatable bonds is 5. The summed E-state index contributed by atoms with van der Waals surface area (Å²) in [6.45, 7) is 0. The van der Waals surface area contributed by atoms with Crippen LogP contribution in [-0.4, -0.2) is 26.7 Å². The maximum Gasteiger partial charge on any atom is 0.255 e. The molecule has 0 bridgehead atoms. The Labute approximate surface area is 125 Å². The molecule has 0 fully saturated rings. The zero-order valence-electron chi connectivity index (χ0n) is 11.5. The number of hydrogen-bond acceptors (Lipinski definition) is 5. The highest BCUT2D eigenvalue weighted by molar-refractivity contribution is 6.00. The molecule has 2 rings (SSSR count). The normalized spacial score (nSPS) is 11.6. The summed E-state index contributed by atoms with van der Waals surface area (Å²) in [5.74, 6) is -0.664. The molecule has 0 atom stereocenters.